The molecule has 3 unspecified atom stereocenters. The van der Waals surface area contributed by atoms with Gasteiger partial charge in [0.2, 0.25) is 0 Å². The van der Waals surface area contributed by atoms with Gasteiger partial charge in [0, 0.05) is 0 Å². The molecule has 15 heavy (non-hydrogen) atoms. The van der Waals surface area contributed by atoms with E-state index in [-0.39, 0.29) is 0 Å². The molecule has 0 radical (unpaired) electrons. The summed E-state index contributed by atoms with van der Waals surface area (Å²) in [7, 11) is 1.04. The van der Waals surface area contributed by atoms with Crippen molar-refractivity contribution in [2.24, 2.45) is 0 Å². The van der Waals surface area contributed by atoms with E-state index in [9.17, 15) is 20.1 Å². The minimum absolute atomic E-state index is 0.812. The van der Waals surface area contributed by atoms with Gasteiger partial charge in [0.05, 0.1) is 13.7 Å². The highest BCUT2D eigenvalue weighted by Gasteiger charge is 2.58. The average Bonchev–Trinajstić information content (AvgIpc) is 2.15. The van der Waals surface area contributed by atoms with Crippen LogP contribution in [0.4, 0.5) is 0 Å². The summed E-state index contributed by atoms with van der Waals surface area (Å²) in [6.07, 6.45) is 0. The first kappa shape index (κ1) is 14.3. The molecule has 0 saturated heterocycles. The van der Waals surface area contributed by atoms with E-state index in [2.05, 4.69) is 4.74 Å². The van der Waals surface area contributed by atoms with Crippen molar-refractivity contribution in [2.45, 2.75) is 37.6 Å². The number of hydrogen-bond acceptors (Lipinski definition) is 6. The summed E-state index contributed by atoms with van der Waals surface area (Å²) < 4.78 is 4.30. The van der Waals surface area contributed by atoms with E-state index in [1.807, 2.05) is 0 Å². The maximum atomic E-state index is 11.2. The summed E-state index contributed by atoms with van der Waals surface area (Å²) in [5.41, 5.74) is -6.61. The third-order valence-corrected chi connectivity index (χ3v) is 2.89. The van der Waals surface area contributed by atoms with Crippen molar-refractivity contribution in [2.75, 3.05) is 13.7 Å². The van der Waals surface area contributed by atoms with Gasteiger partial charge in [-0.15, -0.1) is 0 Å². The van der Waals surface area contributed by atoms with Crippen LogP contribution >= 0.6 is 0 Å². The van der Waals surface area contributed by atoms with Crippen molar-refractivity contribution in [3.8, 4) is 0 Å². The molecule has 0 bridgehead atoms. The average molecular weight is 222 g/mol. The van der Waals surface area contributed by atoms with E-state index >= 15 is 0 Å². The zero-order valence-electron chi connectivity index (χ0n) is 9.31. The fourth-order valence-electron chi connectivity index (χ4n) is 1.08. The molecule has 0 heterocycles. The number of aliphatic hydroxyl groups is 4. The number of carbonyl (C=O) groups excluding carboxylic acids is 1. The van der Waals surface area contributed by atoms with Crippen molar-refractivity contribution in [1.82, 2.24) is 0 Å². The summed E-state index contributed by atoms with van der Waals surface area (Å²) in [5, 5.41) is 38.2. The standard InChI is InChI=1S/C9H18O6/c1-7(12,5-10)9(3,14)8(2,13)6(11)15-4/h10,12-14H,5H2,1-4H3. The summed E-state index contributed by atoms with van der Waals surface area (Å²) >= 11 is 0. The van der Waals surface area contributed by atoms with Gasteiger partial charge < -0.3 is 25.2 Å². The summed E-state index contributed by atoms with van der Waals surface area (Å²) in [6, 6.07) is 0. The first-order valence-corrected chi connectivity index (χ1v) is 4.41. The topological polar surface area (TPSA) is 107 Å². The molecule has 6 heteroatoms. The van der Waals surface area contributed by atoms with Gasteiger partial charge in [0.1, 0.15) is 11.2 Å². The SMILES string of the molecule is COC(=O)C(C)(O)C(C)(O)C(C)(O)CO. The van der Waals surface area contributed by atoms with Gasteiger partial charge in [-0.25, -0.2) is 4.79 Å². The van der Waals surface area contributed by atoms with Gasteiger partial charge in [-0.2, -0.15) is 0 Å². The highest BCUT2D eigenvalue weighted by Crippen LogP contribution is 2.33. The monoisotopic (exact) mass is 222 g/mol. The predicted octanol–water partition coefficient (Wildman–Crippen LogP) is -1.60. The van der Waals surface area contributed by atoms with Crippen molar-refractivity contribution in [3.63, 3.8) is 0 Å². The predicted molar refractivity (Wildman–Crippen MR) is 51.0 cm³/mol. The van der Waals surface area contributed by atoms with E-state index in [1.54, 1.807) is 0 Å². The van der Waals surface area contributed by atoms with Crippen molar-refractivity contribution < 1.29 is 30.0 Å². The molecular formula is C9H18O6. The van der Waals surface area contributed by atoms with Gasteiger partial charge in [-0.05, 0) is 20.8 Å². The molecule has 0 saturated carbocycles. The summed E-state index contributed by atoms with van der Waals surface area (Å²) in [6.45, 7) is 2.33. The Labute approximate surface area is 88.1 Å². The van der Waals surface area contributed by atoms with E-state index < -0.39 is 29.4 Å². The van der Waals surface area contributed by atoms with Crippen LogP contribution in [0, 0.1) is 0 Å². The minimum Gasteiger partial charge on any atom is -0.467 e. The first-order chi connectivity index (χ1) is 6.54. The van der Waals surface area contributed by atoms with Crippen LogP contribution in [0.15, 0.2) is 0 Å². The Hall–Kier alpha value is -0.690. The van der Waals surface area contributed by atoms with Crippen molar-refractivity contribution >= 4 is 5.97 Å². The molecule has 4 N–H and O–H groups in total. The van der Waals surface area contributed by atoms with Crippen molar-refractivity contribution in [1.29, 1.82) is 0 Å². The molecule has 0 aliphatic carbocycles. The van der Waals surface area contributed by atoms with Crippen LogP contribution in [-0.2, 0) is 9.53 Å². The van der Waals surface area contributed by atoms with Crippen LogP contribution in [0.3, 0.4) is 0 Å². The third-order valence-electron chi connectivity index (χ3n) is 2.89. The second-order valence-corrected chi connectivity index (χ2v) is 4.07. The molecule has 3 atom stereocenters. The Balaban J connectivity index is 5.27. The number of hydrogen-bond donors (Lipinski definition) is 4. The third kappa shape index (κ3) is 2.12. The highest BCUT2D eigenvalue weighted by molar-refractivity contribution is 5.80. The van der Waals surface area contributed by atoms with Gasteiger partial charge >= 0.3 is 5.97 Å². The summed E-state index contributed by atoms with van der Waals surface area (Å²) in [5.74, 6) is -1.10. The molecule has 0 amide bonds. The van der Waals surface area contributed by atoms with Gasteiger partial charge in [0.25, 0.3) is 0 Å². The fourth-order valence-corrected chi connectivity index (χ4v) is 1.08. The number of methoxy groups -OCH3 is 1. The molecule has 0 aliphatic rings. The van der Waals surface area contributed by atoms with Crippen molar-refractivity contribution in [3.05, 3.63) is 0 Å². The van der Waals surface area contributed by atoms with Crippen LogP contribution in [0.5, 0.6) is 0 Å². The van der Waals surface area contributed by atoms with Gasteiger partial charge in [0.15, 0.2) is 5.60 Å². The summed E-state index contributed by atoms with van der Waals surface area (Å²) in [4.78, 5) is 11.2. The maximum Gasteiger partial charge on any atom is 0.340 e. The number of aliphatic hydroxyl groups excluding tert-OH is 1. The zero-order valence-corrected chi connectivity index (χ0v) is 9.31. The highest BCUT2D eigenvalue weighted by atomic mass is 16.5. The molecule has 0 fully saturated rings. The molecule has 0 aromatic heterocycles. The molecule has 6 nitrogen and oxygen atoms in total. The van der Waals surface area contributed by atoms with Crippen LogP contribution in [0.2, 0.25) is 0 Å². The van der Waals surface area contributed by atoms with Crippen LogP contribution in [0.25, 0.3) is 0 Å². The van der Waals surface area contributed by atoms with Gasteiger partial charge in [-0.1, -0.05) is 0 Å². The Morgan fingerprint density at radius 1 is 1.20 bits per heavy atom. The lowest BCUT2D eigenvalue weighted by molar-refractivity contribution is -0.241. The van der Waals surface area contributed by atoms with Crippen LogP contribution in [0.1, 0.15) is 20.8 Å². The molecule has 0 aromatic carbocycles. The van der Waals surface area contributed by atoms with E-state index in [0.717, 1.165) is 27.9 Å². The normalized spacial score (nSPS) is 23.5. The number of ether oxygens (including phenoxy) is 1. The zero-order chi connectivity index (χ0) is 12.5. The molecule has 0 rings (SSSR count). The Kier molecular flexibility index (Phi) is 3.87. The molecular weight excluding hydrogens is 204 g/mol. The number of rotatable bonds is 4. The Morgan fingerprint density at radius 2 is 1.60 bits per heavy atom. The van der Waals surface area contributed by atoms with E-state index in [1.165, 1.54) is 0 Å². The second-order valence-electron chi connectivity index (χ2n) is 4.07. The van der Waals surface area contributed by atoms with E-state index in [4.69, 9.17) is 5.11 Å². The largest absolute Gasteiger partial charge is 0.467 e. The quantitative estimate of drug-likeness (QED) is 0.427. The second kappa shape index (κ2) is 4.05. The van der Waals surface area contributed by atoms with E-state index in [0.29, 0.717) is 0 Å². The van der Waals surface area contributed by atoms with Crippen LogP contribution in [-0.4, -0.2) is 56.9 Å². The molecule has 0 aliphatic heterocycles. The molecule has 90 valence electrons. The van der Waals surface area contributed by atoms with Gasteiger partial charge in [-0.3, -0.25) is 0 Å². The maximum absolute atomic E-state index is 11.2. The Morgan fingerprint density at radius 3 is 1.87 bits per heavy atom. The molecule has 0 spiro atoms. The lowest BCUT2D eigenvalue weighted by Gasteiger charge is -2.44. The minimum atomic E-state index is -2.33. The first-order valence-electron chi connectivity index (χ1n) is 4.41. The fraction of sp³-hybridized carbons (Fsp3) is 0.889. The smallest absolute Gasteiger partial charge is 0.340 e. The Bertz CT molecular complexity index is 243. The lowest BCUT2D eigenvalue weighted by atomic mass is 9.74. The number of esters is 1. The number of carbonyl (C=O) groups is 1. The molecule has 0 aromatic rings. The van der Waals surface area contributed by atoms with Crippen LogP contribution < -0.4 is 0 Å². The lowest BCUT2D eigenvalue weighted by Crippen LogP contribution is -2.68.